The highest BCUT2D eigenvalue weighted by Crippen LogP contribution is 2.21. The Morgan fingerprint density at radius 1 is 1.28 bits per heavy atom. The molecule has 10 nitrogen and oxygen atoms in total. The first kappa shape index (κ1) is 22.9. The van der Waals surface area contributed by atoms with Crippen molar-refractivity contribution >= 4 is 23.7 Å². The van der Waals surface area contributed by atoms with Gasteiger partial charge in [-0.1, -0.05) is 6.07 Å². The molecule has 0 unspecified atom stereocenters. The fraction of sp³-hybridized carbons (Fsp3) is 0.318. The van der Waals surface area contributed by atoms with Crippen LogP contribution in [0.2, 0.25) is 0 Å². The summed E-state index contributed by atoms with van der Waals surface area (Å²) in [6.07, 6.45) is 3.49. The summed E-state index contributed by atoms with van der Waals surface area (Å²) in [7, 11) is 0. The number of amides is 2. The van der Waals surface area contributed by atoms with Crippen LogP contribution in [0.15, 0.2) is 47.6 Å². The maximum Gasteiger partial charge on any atom is 0.273 e. The lowest BCUT2D eigenvalue weighted by molar-refractivity contribution is -0.385. The highest BCUT2D eigenvalue weighted by Gasteiger charge is 2.18. The van der Waals surface area contributed by atoms with Crippen molar-refractivity contribution in [3.63, 3.8) is 0 Å². The summed E-state index contributed by atoms with van der Waals surface area (Å²) in [5.41, 5.74) is 3.37. The number of hydrogen-bond donors (Lipinski definition) is 2. The average molecular weight is 440 g/mol. The van der Waals surface area contributed by atoms with Gasteiger partial charge in [0, 0.05) is 24.8 Å². The van der Waals surface area contributed by atoms with E-state index in [2.05, 4.69) is 15.8 Å². The number of nitrogens with one attached hydrogen (secondary N) is 2. The molecule has 0 aromatic heterocycles. The van der Waals surface area contributed by atoms with Crippen molar-refractivity contribution in [2.75, 3.05) is 19.8 Å². The zero-order valence-electron chi connectivity index (χ0n) is 17.6. The topological polar surface area (TPSA) is 132 Å². The first-order valence-corrected chi connectivity index (χ1v) is 10.1. The van der Waals surface area contributed by atoms with Crippen LogP contribution in [-0.4, -0.2) is 48.8 Å². The van der Waals surface area contributed by atoms with E-state index >= 15 is 0 Å². The lowest BCUT2D eigenvalue weighted by atomic mass is 10.1. The van der Waals surface area contributed by atoms with Gasteiger partial charge in [0.1, 0.15) is 5.75 Å². The lowest BCUT2D eigenvalue weighted by Crippen LogP contribution is -2.35. The van der Waals surface area contributed by atoms with Crippen molar-refractivity contribution in [2.45, 2.75) is 25.9 Å². The number of nitro groups is 1. The minimum Gasteiger partial charge on any atom is -0.484 e. The van der Waals surface area contributed by atoms with Crippen LogP contribution in [0, 0.1) is 17.0 Å². The van der Waals surface area contributed by atoms with Gasteiger partial charge < -0.3 is 14.8 Å². The highest BCUT2D eigenvalue weighted by atomic mass is 16.6. The lowest BCUT2D eigenvalue weighted by Gasteiger charge is -2.11. The van der Waals surface area contributed by atoms with E-state index in [1.807, 2.05) is 0 Å². The summed E-state index contributed by atoms with van der Waals surface area (Å²) in [5, 5.41) is 17.7. The summed E-state index contributed by atoms with van der Waals surface area (Å²) in [4.78, 5) is 34.6. The normalized spacial score (nSPS) is 15.5. The maximum atomic E-state index is 12.3. The predicted molar refractivity (Wildman–Crippen MR) is 117 cm³/mol. The van der Waals surface area contributed by atoms with Crippen LogP contribution >= 0.6 is 0 Å². The first-order chi connectivity index (χ1) is 15.4. The Morgan fingerprint density at radius 2 is 2.06 bits per heavy atom. The van der Waals surface area contributed by atoms with Crippen molar-refractivity contribution < 1.29 is 24.0 Å². The van der Waals surface area contributed by atoms with Gasteiger partial charge in [0.25, 0.3) is 17.5 Å². The van der Waals surface area contributed by atoms with E-state index in [1.54, 1.807) is 24.3 Å². The van der Waals surface area contributed by atoms with E-state index < -0.39 is 10.8 Å². The zero-order valence-corrected chi connectivity index (χ0v) is 17.6. The average Bonchev–Trinajstić information content (AvgIpc) is 3.30. The third-order valence-electron chi connectivity index (χ3n) is 4.93. The largest absolute Gasteiger partial charge is 0.484 e. The highest BCUT2D eigenvalue weighted by molar-refractivity contribution is 5.97. The fourth-order valence-electron chi connectivity index (χ4n) is 3.18. The van der Waals surface area contributed by atoms with Crippen LogP contribution in [0.5, 0.6) is 5.75 Å². The van der Waals surface area contributed by atoms with E-state index in [1.165, 1.54) is 31.3 Å². The number of rotatable bonds is 9. The minimum atomic E-state index is -0.545. The summed E-state index contributed by atoms with van der Waals surface area (Å²) in [5.74, 6) is -0.243. The van der Waals surface area contributed by atoms with E-state index in [4.69, 9.17) is 9.47 Å². The molecule has 0 saturated carbocycles. The van der Waals surface area contributed by atoms with Gasteiger partial charge in [-0.3, -0.25) is 19.7 Å². The number of benzene rings is 2. The molecule has 1 heterocycles. The number of nitrogens with zero attached hydrogens (tertiary/aromatic N) is 2. The first-order valence-electron chi connectivity index (χ1n) is 10.1. The van der Waals surface area contributed by atoms with Gasteiger partial charge in [0.2, 0.25) is 0 Å². The van der Waals surface area contributed by atoms with E-state index in [9.17, 15) is 19.7 Å². The number of carbonyl (C=O) groups excluding carboxylic acids is 2. The molecular weight excluding hydrogens is 416 g/mol. The number of nitro benzene ring substituents is 1. The molecule has 0 radical (unpaired) electrons. The number of ether oxygens (including phenoxy) is 2. The van der Waals surface area contributed by atoms with Crippen molar-refractivity contribution in [3.8, 4) is 5.75 Å². The Morgan fingerprint density at radius 3 is 2.75 bits per heavy atom. The zero-order chi connectivity index (χ0) is 22.9. The molecule has 1 atom stereocenters. The fourth-order valence-corrected chi connectivity index (χ4v) is 3.18. The summed E-state index contributed by atoms with van der Waals surface area (Å²) in [6.45, 7) is 2.64. The summed E-state index contributed by atoms with van der Waals surface area (Å²) in [6, 6.07) is 11.1. The maximum absolute atomic E-state index is 12.3. The van der Waals surface area contributed by atoms with Crippen molar-refractivity contribution in [1.29, 1.82) is 0 Å². The molecule has 3 rings (SSSR count). The van der Waals surface area contributed by atoms with Crippen LogP contribution in [0.3, 0.4) is 0 Å². The van der Waals surface area contributed by atoms with E-state index in [0.29, 0.717) is 17.9 Å². The molecular formula is C22H24N4O6. The van der Waals surface area contributed by atoms with Crippen molar-refractivity contribution in [3.05, 3.63) is 69.3 Å². The quantitative estimate of drug-likeness (QED) is 0.349. The summed E-state index contributed by atoms with van der Waals surface area (Å²) < 4.78 is 10.9. The second-order valence-corrected chi connectivity index (χ2v) is 7.20. The third-order valence-corrected chi connectivity index (χ3v) is 4.93. The number of hydrogen-bond acceptors (Lipinski definition) is 7. The Balaban J connectivity index is 1.46. The van der Waals surface area contributed by atoms with Gasteiger partial charge in [0.15, 0.2) is 6.61 Å². The predicted octanol–water partition coefficient (Wildman–Crippen LogP) is 2.34. The molecule has 1 aliphatic heterocycles. The van der Waals surface area contributed by atoms with Gasteiger partial charge in [0.05, 0.1) is 22.8 Å². The van der Waals surface area contributed by atoms with Crippen LogP contribution in [0.25, 0.3) is 0 Å². The Hall–Kier alpha value is -3.79. The van der Waals surface area contributed by atoms with Crippen LogP contribution < -0.4 is 15.5 Å². The smallest absolute Gasteiger partial charge is 0.273 e. The van der Waals surface area contributed by atoms with Crippen LogP contribution in [-0.2, 0) is 9.53 Å². The minimum absolute atomic E-state index is 0.0823. The molecule has 1 saturated heterocycles. The van der Waals surface area contributed by atoms with Gasteiger partial charge in [-0.25, -0.2) is 5.43 Å². The van der Waals surface area contributed by atoms with Gasteiger partial charge >= 0.3 is 0 Å². The molecule has 0 spiro atoms. The molecule has 168 valence electrons. The van der Waals surface area contributed by atoms with Crippen molar-refractivity contribution in [2.24, 2.45) is 5.10 Å². The Kier molecular flexibility index (Phi) is 7.87. The van der Waals surface area contributed by atoms with Gasteiger partial charge in [-0.2, -0.15) is 5.10 Å². The van der Waals surface area contributed by atoms with Crippen LogP contribution in [0.4, 0.5) is 5.69 Å². The molecule has 1 fully saturated rings. The Bertz CT molecular complexity index is 1000. The molecule has 32 heavy (non-hydrogen) atoms. The number of carbonyl (C=O) groups is 2. The molecule has 2 aromatic carbocycles. The van der Waals surface area contributed by atoms with E-state index in [0.717, 1.165) is 19.4 Å². The molecule has 0 aliphatic carbocycles. The van der Waals surface area contributed by atoms with E-state index in [-0.39, 0.29) is 35.4 Å². The summed E-state index contributed by atoms with van der Waals surface area (Å²) >= 11 is 0. The standard InChI is InChI=1S/C22H24N4O6/c1-15-19(5-2-6-20(15)26(29)30)22(28)25-24-12-16-7-9-17(10-8-16)32-14-21(27)23-13-18-4-3-11-31-18/h2,5-10,12,18H,3-4,11,13-14H2,1H3,(H,23,27)(H,25,28)/b24-12-/t18-/m0/s1. The number of hydrazone groups is 1. The monoisotopic (exact) mass is 440 g/mol. The molecule has 1 aliphatic rings. The Labute approximate surface area is 184 Å². The van der Waals surface area contributed by atoms with Gasteiger partial charge in [-0.15, -0.1) is 0 Å². The molecule has 2 amide bonds. The van der Waals surface area contributed by atoms with Gasteiger partial charge in [-0.05, 0) is 55.7 Å². The van der Waals surface area contributed by atoms with Crippen molar-refractivity contribution in [1.82, 2.24) is 10.7 Å². The third kappa shape index (κ3) is 6.35. The SMILES string of the molecule is Cc1c(C(=O)N/N=C\c2ccc(OCC(=O)NC[C@@H]3CCCO3)cc2)cccc1[N+](=O)[O-]. The molecule has 0 bridgehead atoms. The molecule has 2 aromatic rings. The second-order valence-electron chi connectivity index (χ2n) is 7.20. The van der Waals surface area contributed by atoms with Crippen LogP contribution in [0.1, 0.15) is 34.3 Å². The molecule has 2 N–H and O–H groups in total. The molecule has 10 heteroatoms. The second kappa shape index (κ2) is 11.0.